The summed E-state index contributed by atoms with van der Waals surface area (Å²) >= 11 is 0. The zero-order valence-corrected chi connectivity index (χ0v) is 21.0. The van der Waals surface area contributed by atoms with Gasteiger partial charge in [0.05, 0.1) is 5.75 Å². The van der Waals surface area contributed by atoms with Crippen LogP contribution in [0.3, 0.4) is 0 Å². The lowest BCUT2D eigenvalue weighted by molar-refractivity contribution is 0.270. The number of aromatic nitrogens is 1. The van der Waals surface area contributed by atoms with Crippen LogP contribution < -0.4 is 15.5 Å². The highest BCUT2D eigenvalue weighted by atomic mass is 127. The smallest absolute Gasteiger partial charge is 0.191 e. The molecule has 1 saturated heterocycles. The first-order chi connectivity index (χ1) is 13.3. The topological polar surface area (TPSA) is 89.9 Å². The van der Waals surface area contributed by atoms with Gasteiger partial charge in [0.1, 0.15) is 15.7 Å². The van der Waals surface area contributed by atoms with Gasteiger partial charge in [-0.05, 0) is 31.5 Å². The number of hydrogen-bond donors (Lipinski definition) is 2. The molecule has 29 heavy (non-hydrogen) atoms. The van der Waals surface area contributed by atoms with E-state index in [2.05, 4.69) is 49.5 Å². The van der Waals surface area contributed by atoms with Gasteiger partial charge in [0, 0.05) is 58.3 Å². The predicted octanol–water partition coefficient (Wildman–Crippen LogP) is 1.33. The Kier molecular flexibility index (Phi) is 11.2. The van der Waals surface area contributed by atoms with Crippen molar-refractivity contribution in [2.45, 2.75) is 32.9 Å². The molecule has 0 spiro atoms. The summed E-state index contributed by atoms with van der Waals surface area (Å²) in [5.74, 6) is 1.84. The van der Waals surface area contributed by atoms with Crippen molar-refractivity contribution in [1.82, 2.24) is 20.5 Å². The zero-order valence-electron chi connectivity index (χ0n) is 17.9. The third kappa shape index (κ3) is 9.47. The summed E-state index contributed by atoms with van der Waals surface area (Å²) in [6.07, 6.45) is 3.70. The minimum atomic E-state index is -2.95. The molecule has 0 radical (unpaired) electrons. The van der Waals surface area contributed by atoms with Crippen LogP contribution >= 0.6 is 24.0 Å². The summed E-state index contributed by atoms with van der Waals surface area (Å²) in [6, 6.07) is 4.18. The molecular formula is C19H35IN6O2S. The van der Waals surface area contributed by atoms with Crippen molar-refractivity contribution < 1.29 is 8.42 Å². The van der Waals surface area contributed by atoms with Crippen molar-refractivity contribution in [1.29, 1.82) is 0 Å². The maximum atomic E-state index is 11.3. The fourth-order valence-electron chi connectivity index (χ4n) is 3.08. The lowest BCUT2D eigenvalue weighted by Gasteiger charge is -2.34. The van der Waals surface area contributed by atoms with E-state index in [1.54, 1.807) is 7.05 Å². The summed E-state index contributed by atoms with van der Waals surface area (Å²) < 4.78 is 22.6. The Hall–Kier alpha value is -1.14. The van der Waals surface area contributed by atoms with Crippen molar-refractivity contribution in [2.24, 2.45) is 4.99 Å². The summed E-state index contributed by atoms with van der Waals surface area (Å²) in [7, 11) is -1.25. The van der Waals surface area contributed by atoms with Gasteiger partial charge in [-0.15, -0.1) is 24.0 Å². The molecule has 0 amide bonds. The largest absolute Gasteiger partial charge is 0.354 e. The summed E-state index contributed by atoms with van der Waals surface area (Å²) in [5, 5.41) is 6.48. The van der Waals surface area contributed by atoms with E-state index in [1.807, 2.05) is 13.1 Å². The number of hydrogen-bond acceptors (Lipinski definition) is 6. The predicted molar refractivity (Wildman–Crippen MR) is 131 cm³/mol. The maximum Gasteiger partial charge on any atom is 0.191 e. The molecule has 0 aromatic carbocycles. The number of anilines is 1. The number of piperazine rings is 1. The van der Waals surface area contributed by atoms with E-state index < -0.39 is 9.84 Å². The van der Waals surface area contributed by atoms with Crippen molar-refractivity contribution >= 4 is 45.6 Å². The molecule has 1 atom stereocenters. The molecule has 2 N–H and O–H groups in total. The molecule has 166 valence electrons. The quantitative estimate of drug-likeness (QED) is 0.293. The molecule has 2 rings (SSSR count). The second kappa shape index (κ2) is 12.5. The summed E-state index contributed by atoms with van der Waals surface area (Å²) in [6.45, 7) is 10.1. The second-order valence-corrected chi connectivity index (χ2v) is 9.60. The average molecular weight is 539 g/mol. The highest BCUT2D eigenvalue weighted by Crippen LogP contribution is 2.14. The van der Waals surface area contributed by atoms with Crippen LogP contribution in [-0.2, 0) is 16.4 Å². The normalized spacial score (nSPS) is 16.8. The van der Waals surface area contributed by atoms with Crippen LogP contribution in [0.15, 0.2) is 23.3 Å². The van der Waals surface area contributed by atoms with E-state index in [4.69, 9.17) is 0 Å². The van der Waals surface area contributed by atoms with Gasteiger partial charge in [-0.1, -0.05) is 13.0 Å². The molecule has 1 unspecified atom stereocenters. The molecule has 1 fully saturated rings. The third-order valence-corrected chi connectivity index (χ3v) is 5.92. The first-order valence-corrected chi connectivity index (χ1v) is 11.9. The highest BCUT2D eigenvalue weighted by Gasteiger charge is 2.16. The molecule has 1 aliphatic rings. The van der Waals surface area contributed by atoms with Crippen molar-refractivity contribution in [3.05, 3.63) is 23.9 Å². The van der Waals surface area contributed by atoms with Crippen molar-refractivity contribution in [3.63, 3.8) is 0 Å². The van der Waals surface area contributed by atoms with Gasteiger partial charge in [0.2, 0.25) is 0 Å². The molecule has 1 aliphatic heterocycles. The summed E-state index contributed by atoms with van der Waals surface area (Å²) in [4.78, 5) is 13.6. The van der Waals surface area contributed by atoms with E-state index in [9.17, 15) is 8.42 Å². The number of rotatable bonds is 8. The number of halogens is 1. The molecule has 1 aromatic rings. The standard InChI is InChI=1S/C19H34N6O2S.HI/c1-5-24-9-11-25(12-10-24)18-7-6-17(14-21-18)15-22-19(20-3)23-16(2)8-13-28(4,26)27;/h6-7,14,16H,5,8-13,15H2,1-4H3,(H2,20,22,23);1H. The Bertz CT molecular complexity index is 734. The van der Waals surface area contributed by atoms with Gasteiger partial charge >= 0.3 is 0 Å². The zero-order chi connectivity index (χ0) is 20.6. The number of aliphatic imine (C=N–C) groups is 1. The van der Waals surface area contributed by atoms with Crippen LogP contribution in [0.1, 0.15) is 25.8 Å². The number of sulfone groups is 1. The maximum absolute atomic E-state index is 11.3. The molecule has 8 nitrogen and oxygen atoms in total. The second-order valence-electron chi connectivity index (χ2n) is 7.34. The number of nitrogens with one attached hydrogen (secondary N) is 2. The molecule has 0 saturated carbocycles. The van der Waals surface area contributed by atoms with E-state index in [-0.39, 0.29) is 35.8 Å². The highest BCUT2D eigenvalue weighted by molar-refractivity contribution is 14.0. The van der Waals surface area contributed by atoms with Gasteiger partial charge in [0.15, 0.2) is 5.96 Å². The Morgan fingerprint density at radius 1 is 1.28 bits per heavy atom. The minimum Gasteiger partial charge on any atom is -0.354 e. The SMILES string of the molecule is CCN1CCN(c2ccc(CNC(=NC)NC(C)CCS(C)(=O)=O)cn2)CC1.I. The fourth-order valence-corrected chi connectivity index (χ4v) is 3.86. The van der Waals surface area contributed by atoms with Crippen molar-refractivity contribution in [3.8, 4) is 0 Å². The number of guanidine groups is 1. The Morgan fingerprint density at radius 2 is 1.97 bits per heavy atom. The van der Waals surface area contributed by atoms with E-state index >= 15 is 0 Å². The Balaban J connectivity index is 0.00000420. The monoisotopic (exact) mass is 538 g/mol. The minimum absolute atomic E-state index is 0. The average Bonchev–Trinajstić information content (AvgIpc) is 2.69. The van der Waals surface area contributed by atoms with Gasteiger partial charge in [-0.2, -0.15) is 0 Å². The van der Waals surface area contributed by atoms with Gasteiger partial charge in [0.25, 0.3) is 0 Å². The van der Waals surface area contributed by atoms with Crippen LogP contribution in [-0.4, -0.2) is 82.1 Å². The third-order valence-electron chi connectivity index (χ3n) is 4.94. The lowest BCUT2D eigenvalue weighted by atomic mass is 10.2. The first-order valence-electron chi connectivity index (χ1n) is 9.88. The van der Waals surface area contributed by atoms with E-state index in [1.165, 1.54) is 6.26 Å². The van der Waals surface area contributed by atoms with Crippen LogP contribution in [0, 0.1) is 0 Å². The molecular weight excluding hydrogens is 503 g/mol. The lowest BCUT2D eigenvalue weighted by Crippen LogP contribution is -2.46. The van der Waals surface area contributed by atoms with Gasteiger partial charge in [-0.25, -0.2) is 13.4 Å². The van der Waals surface area contributed by atoms with Gasteiger partial charge in [-0.3, -0.25) is 4.99 Å². The Morgan fingerprint density at radius 3 is 2.48 bits per heavy atom. The van der Waals surface area contributed by atoms with Crippen LogP contribution in [0.25, 0.3) is 0 Å². The molecule has 2 heterocycles. The molecule has 0 bridgehead atoms. The molecule has 0 aliphatic carbocycles. The molecule has 10 heteroatoms. The van der Waals surface area contributed by atoms with Crippen molar-refractivity contribution in [2.75, 3.05) is 56.7 Å². The number of likely N-dealkylation sites (N-methyl/N-ethyl adjacent to an activating group) is 1. The van der Waals surface area contributed by atoms with Crippen LogP contribution in [0.2, 0.25) is 0 Å². The fraction of sp³-hybridized carbons (Fsp3) is 0.684. The van der Waals surface area contributed by atoms with E-state index in [0.29, 0.717) is 18.9 Å². The van der Waals surface area contributed by atoms with Crippen LogP contribution in [0.4, 0.5) is 5.82 Å². The first kappa shape index (κ1) is 25.9. The van der Waals surface area contributed by atoms with E-state index in [0.717, 1.165) is 44.1 Å². The van der Waals surface area contributed by atoms with Gasteiger partial charge < -0.3 is 20.4 Å². The summed E-state index contributed by atoms with van der Waals surface area (Å²) in [5.41, 5.74) is 1.07. The number of nitrogens with zero attached hydrogens (tertiary/aromatic N) is 4. The van der Waals surface area contributed by atoms with Crippen LogP contribution in [0.5, 0.6) is 0 Å². The molecule has 1 aromatic heterocycles. The Labute approximate surface area is 192 Å². The number of pyridine rings is 1.